The summed E-state index contributed by atoms with van der Waals surface area (Å²) in [5.41, 5.74) is -0.486. The van der Waals surface area contributed by atoms with Crippen LogP contribution in [0.2, 0.25) is 0 Å². The Morgan fingerprint density at radius 1 is 1.07 bits per heavy atom. The van der Waals surface area contributed by atoms with E-state index in [0.29, 0.717) is 38.7 Å². The molecular formula is C27H32F3N5O5. The Morgan fingerprint density at radius 2 is 1.82 bits per heavy atom. The minimum absolute atomic E-state index is 0.0775. The Kier molecular flexibility index (Phi) is 9.48. The van der Waals surface area contributed by atoms with Gasteiger partial charge in [0, 0.05) is 32.3 Å². The zero-order valence-corrected chi connectivity index (χ0v) is 22.0. The number of hydrogen-bond donors (Lipinski definition) is 4. The van der Waals surface area contributed by atoms with Crippen molar-refractivity contribution < 1.29 is 37.0 Å². The van der Waals surface area contributed by atoms with Crippen LogP contribution in [0.25, 0.3) is 0 Å². The maximum atomic E-state index is 13.3. The van der Waals surface area contributed by atoms with Crippen LogP contribution in [0.15, 0.2) is 42.5 Å². The van der Waals surface area contributed by atoms with Gasteiger partial charge in [-0.1, -0.05) is 12.1 Å². The Labute approximate surface area is 229 Å². The minimum Gasteiger partial charge on any atom is -0.497 e. The van der Waals surface area contributed by atoms with Crippen molar-refractivity contribution in [1.82, 2.24) is 20.9 Å². The van der Waals surface area contributed by atoms with E-state index in [9.17, 15) is 27.6 Å². The average Bonchev–Trinajstić information content (AvgIpc) is 2.90. The zero-order valence-electron chi connectivity index (χ0n) is 22.0. The lowest BCUT2D eigenvalue weighted by Crippen LogP contribution is -2.56. The van der Waals surface area contributed by atoms with Gasteiger partial charge in [-0.25, -0.2) is 4.79 Å². The Morgan fingerprint density at radius 3 is 2.48 bits per heavy atom. The van der Waals surface area contributed by atoms with Crippen molar-refractivity contribution in [3.05, 3.63) is 59.2 Å². The first kappa shape index (κ1) is 29.2. The highest BCUT2D eigenvalue weighted by Crippen LogP contribution is 2.32. The quantitative estimate of drug-likeness (QED) is 0.373. The summed E-state index contributed by atoms with van der Waals surface area (Å²) in [5, 5.41) is 11.1. The van der Waals surface area contributed by atoms with Gasteiger partial charge in [-0.15, -0.1) is 0 Å². The number of halogens is 3. The molecule has 2 aliphatic heterocycles. The summed E-state index contributed by atoms with van der Waals surface area (Å²) in [6.07, 6.45) is -3.22. The van der Waals surface area contributed by atoms with E-state index in [0.717, 1.165) is 29.9 Å². The van der Waals surface area contributed by atoms with Gasteiger partial charge in [0.15, 0.2) is 0 Å². The molecule has 2 aromatic carbocycles. The number of anilines is 1. The standard InChI is InChI=1S/C27H32F3N5O5/c1-39-19-6-3-17(4-7-19)14-31-22-9-12-40-16-23(22)33-24(36)15-32-25(37)20-13-18(27(28,29)30)5-8-21(20)34-26(38)35-10-2-11-35/h3-8,13,22-23,31H,2,9-12,14-16H2,1H3,(H,32,37)(H,33,36)(H,34,38)/t22-,23+/m0/s1. The maximum Gasteiger partial charge on any atom is 0.416 e. The highest BCUT2D eigenvalue weighted by Gasteiger charge is 2.33. The second-order valence-corrected chi connectivity index (χ2v) is 9.58. The second-order valence-electron chi connectivity index (χ2n) is 9.58. The molecule has 2 atom stereocenters. The predicted octanol–water partition coefficient (Wildman–Crippen LogP) is 2.74. The minimum atomic E-state index is -4.69. The molecule has 10 nitrogen and oxygen atoms in total. The van der Waals surface area contributed by atoms with Gasteiger partial charge in [0.05, 0.1) is 43.1 Å². The molecule has 2 aliphatic rings. The number of amides is 4. The summed E-state index contributed by atoms with van der Waals surface area (Å²) in [6, 6.07) is 9.08. The van der Waals surface area contributed by atoms with Gasteiger partial charge >= 0.3 is 12.2 Å². The van der Waals surface area contributed by atoms with Crippen LogP contribution < -0.4 is 26.0 Å². The van der Waals surface area contributed by atoms with Gasteiger partial charge in [0.1, 0.15) is 5.75 Å². The Hall–Kier alpha value is -3.84. The molecular weight excluding hydrogens is 531 g/mol. The topological polar surface area (TPSA) is 121 Å². The molecule has 13 heteroatoms. The van der Waals surface area contributed by atoms with Crippen molar-refractivity contribution in [2.45, 2.75) is 37.6 Å². The summed E-state index contributed by atoms with van der Waals surface area (Å²) in [7, 11) is 1.59. The van der Waals surface area contributed by atoms with Crippen molar-refractivity contribution in [2.75, 3.05) is 45.3 Å². The van der Waals surface area contributed by atoms with E-state index < -0.39 is 41.7 Å². The van der Waals surface area contributed by atoms with Gasteiger partial charge in [-0.3, -0.25) is 9.59 Å². The van der Waals surface area contributed by atoms with Crippen LogP contribution in [0.4, 0.5) is 23.7 Å². The number of rotatable bonds is 9. The summed E-state index contributed by atoms with van der Waals surface area (Å²) >= 11 is 0. The number of carbonyl (C=O) groups is 3. The number of hydrogen-bond acceptors (Lipinski definition) is 6. The fourth-order valence-corrected chi connectivity index (χ4v) is 4.36. The van der Waals surface area contributed by atoms with Gasteiger partial charge in [-0.2, -0.15) is 13.2 Å². The number of nitrogens with one attached hydrogen (secondary N) is 4. The van der Waals surface area contributed by atoms with Crippen LogP contribution >= 0.6 is 0 Å². The fourth-order valence-electron chi connectivity index (χ4n) is 4.36. The van der Waals surface area contributed by atoms with Crippen LogP contribution in [-0.4, -0.2) is 74.8 Å². The second kappa shape index (κ2) is 13.0. The molecule has 0 saturated carbocycles. The van der Waals surface area contributed by atoms with E-state index in [4.69, 9.17) is 9.47 Å². The summed E-state index contributed by atoms with van der Waals surface area (Å²) in [4.78, 5) is 39.3. The molecule has 4 amide bonds. The number of ether oxygens (including phenoxy) is 2. The van der Waals surface area contributed by atoms with E-state index in [2.05, 4.69) is 21.3 Å². The molecule has 0 aliphatic carbocycles. The third-order valence-corrected chi connectivity index (χ3v) is 6.82. The van der Waals surface area contributed by atoms with E-state index in [1.807, 2.05) is 24.3 Å². The third kappa shape index (κ3) is 7.63. The van der Waals surface area contributed by atoms with Gasteiger partial charge in [0.25, 0.3) is 5.91 Å². The molecule has 0 bridgehead atoms. The molecule has 0 spiro atoms. The van der Waals surface area contributed by atoms with Crippen LogP contribution in [0.5, 0.6) is 5.75 Å². The van der Waals surface area contributed by atoms with Crippen LogP contribution in [0, 0.1) is 0 Å². The Balaban J connectivity index is 1.35. The highest BCUT2D eigenvalue weighted by atomic mass is 19.4. The normalized spacial score (nSPS) is 18.9. The average molecular weight is 564 g/mol. The number of nitrogens with zero attached hydrogens (tertiary/aromatic N) is 1. The summed E-state index contributed by atoms with van der Waals surface area (Å²) in [6.45, 7) is 1.91. The third-order valence-electron chi connectivity index (χ3n) is 6.82. The van der Waals surface area contributed by atoms with Gasteiger partial charge in [0.2, 0.25) is 5.91 Å². The molecule has 4 N–H and O–H groups in total. The molecule has 2 saturated heterocycles. The van der Waals surface area contributed by atoms with Crippen LogP contribution in [-0.2, 0) is 22.3 Å². The van der Waals surface area contributed by atoms with Gasteiger partial charge < -0.3 is 35.6 Å². The number of benzene rings is 2. The zero-order chi connectivity index (χ0) is 28.7. The lowest BCUT2D eigenvalue weighted by molar-refractivity contribution is -0.137. The predicted molar refractivity (Wildman–Crippen MR) is 140 cm³/mol. The SMILES string of the molecule is COc1ccc(CN[C@H]2CCOC[C@H]2NC(=O)CNC(=O)c2cc(C(F)(F)F)ccc2NC(=O)N2CCC2)cc1. The lowest BCUT2D eigenvalue weighted by Gasteiger charge is -2.33. The molecule has 0 aromatic heterocycles. The number of carbonyl (C=O) groups excluding carboxylic acids is 3. The van der Waals surface area contributed by atoms with Crippen molar-refractivity contribution in [2.24, 2.45) is 0 Å². The lowest BCUT2D eigenvalue weighted by atomic mass is 10.0. The summed E-state index contributed by atoms with van der Waals surface area (Å²) in [5.74, 6) is -0.703. The van der Waals surface area contributed by atoms with E-state index in [-0.39, 0.29) is 24.4 Å². The number of urea groups is 1. The molecule has 2 aromatic rings. The maximum absolute atomic E-state index is 13.3. The molecule has 2 fully saturated rings. The van der Waals surface area contributed by atoms with E-state index >= 15 is 0 Å². The summed E-state index contributed by atoms with van der Waals surface area (Å²) < 4.78 is 50.6. The van der Waals surface area contributed by atoms with E-state index in [1.54, 1.807) is 7.11 Å². The van der Waals surface area contributed by atoms with Crippen LogP contribution in [0.3, 0.4) is 0 Å². The van der Waals surface area contributed by atoms with Crippen LogP contribution in [0.1, 0.15) is 34.3 Å². The largest absolute Gasteiger partial charge is 0.497 e. The number of methoxy groups -OCH3 is 1. The van der Waals surface area contributed by atoms with E-state index in [1.165, 1.54) is 4.90 Å². The molecule has 0 unspecified atom stereocenters. The molecule has 0 radical (unpaired) electrons. The molecule has 216 valence electrons. The molecule has 4 rings (SSSR count). The molecule has 2 heterocycles. The first-order valence-corrected chi connectivity index (χ1v) is 12.9. The number of likely N-dealkylation sites (tertiary alicyclic amines) is 1. The fraction of sp³-hybridized carbons (Fsp3) is 0.444. The monoisotopic (exact) mass is 563 g/mol. The highest BCUT2D eigenvalue weighted by molar-refractivity contribution is 6.04. The smallest absolute Gasteiger partial charge is 0.416 e. The van der Waals surface area contributed by atoms with Crippen molar-refractivity contribution >= 4 is 23.5 Å². The van der Waals surface area contributed by atoms with Crippen molar-refractivity contribution in [3.63, 3.8) is 0 Å². The van der Waals surface area contributed by atoms with Gasteiger partial charge in [-0.05, 0) is 48.7 Å². The first-order valence-electron chi connectivity index (χ1n) is 12.9. The van der Waals surface area contributed by atoms with Crippen molar-refractivity contribution in [3.8, 4) is 5.75 Å². The van der Waals surface area contributed by atoms with Crippen molar-refractivity contribution in [1.29, 1.82) is 0 Å². The number of alkyl halides is 3. The Bertz CT molecular complexity index is 1200. The molecule has 40 heavy (non-hydrogen) atoms. The first-order chi connectivity index (χ1) is 19.1.